The topological polar surface area (TPSA) is 205 Å². The van der Waals surface area contributed by atoms with Crippen LogP contribution in [-0.4, -0.2) is 69.4 Å². The largest absolute Gasteiger partial charge is 0.299 e. The van der Waals surface area contributed by atoms with Crippen LogP contribution < -0.4 is 0 Å². The van der Waals surface area contributed by atoms with Gasteiger partial charge in [-0.05, 0) is 196 Å². The SMILES string of the molecule is Cc1cc(C)cc(C2CC(=O)CC(=O)C2)c1.Cc1ccc(C)c(C2CC(=O)CC(=O)C2)c1.Cc1ccc(C2CC(=O)CC(=O)C2)c(C)c1.Cc1ccc(C2CC(=O)CC(=O)C2)cc1C.Cc1cccc(C)c1C1CC(=O)CC(=O)C1.Cc1cccc(C2CC(=O)CC(=O)C2)c1C. The third kappa shape index (κ3) is 21.9. The summed E-state index contributed by atoms with van der Waals surface area (Å²) in [4.78, 5) is 137. The van der Waals surface area contributed by atoms with Crippen molar-refractivity contribution in [1.82, 2.24) is 0 Å². The number of carbonyl (C=O) groups excluding carboxylic acids is 12. The van der Waals surface area contributed by atoms with E-state index in [0.717, 1.165) is 16.7 Å². The van der Waals surface area contributed by atoms with E-state index in [-0.39, 0.29) is 143 Å². The lowest BCUT2D eigenvalue weighted by atomic mass is 9.79. The summed E-state index contributed by atoms with van der Waals surface area (Å²) in [6.07, 6.45) is 7.12. The minimum Gasteiger partial charge on any atom is -0.299 e. The van der Waals surface area contributed by atoms with Crippen LogP contribution in [0.3, 0.4) is 0 Å². The summed E-state index contributed by atoms with van der Waals surface area (Å²) in [5, 5.41) is 0. The molecule has 6 aromatic carbocycles. The maximum absolute atomic E-state index is 11.5. The van der Waals surface area contributed by atoms with Crippen LogP contribution in [0, 0.1) is 83.1 Å². The van der Waals surface area contributed by atoms with Crippen LogP contribution in [0.4, 0.5) is 0 Å². The first-order valence-electron chi connectivity index (χ1n) is 34.0. The van der Waals surface area contributed by atoms with Gasteiger partial charge in [0.2, 0.25) is 0 Å². The average molecular weight is 1300 g/mol. The molecule has 0 unspecified atom stereocenters. The highest BCUT2D eigenvalue weighted by molar-refractivity contribution is 6.05. The van der Waals surface area contributed by atoms with Gasteiger partial charge in [0, 0.05) is 77.0 Å². The predicted octanol–water partition coefficient (Wildman–Crippen LogP) is 16.3. The first-order valence-corrected chi connectivity index (χ1v) is 34.0. The molecule has 12 rings (SSSR count). The van der Waals surface area contributed by atoms with Gasteiger partial charge in [0.25, 0.3) is 0 Å². The number of rotatable bonds is 6. The lowest BCUT2D eigenvalue weighted by Crippen LogP contribution is -2.22. The molecule has 0 aromatic heterocycles. The monoisotopic (exact) mass is 1300 g/mol. The Hall–Kier alpha value is -8.64. The van der Waals surface area contributed by atoms with Gasteiger partial charge in [-0.15, -0.1) is 0 Å². The number of hydrogen-bond donors (Lipinski definition) is 0. The molecule has 0 N–H and O–H groups in total. The Morgan fingerprint density at radius 3 is 0.990 bits per heavy atom. The molecule has 0 atom stereocenters. The predicted molar refractivity (Wildman–Crippen MR) is 375 cm³/mol. The number of hydrogen-bond acceptors (Lipinski definition) is 12. The molecule has 6 aromatic rings. The minimum absolute atomic E-state index is 0.0829. The number of aryl methyl sites for hydroxylation is 11. The van der Waals surface area contributed by atoms with Crippen LogP contribution in [-0.2, 0) is 57.5 Å². The summed E-state index contributed by atoms with van der Waals surface area (Å²) >= 11 is 0. The van der Waals surface area contributed by atoms with E-state index >= 15 is 0 Å². The summed E-state index contributed by atoms with van der Waals surface area (Å²) in [6, 6.07) is 37.1. The van der Waals surface area contributed by atoms with E-state index in [1.807, 2.05) is 97.9 Å². The van der Waals surface area contributed by atoms with Crippen molar-refractivity contribution in [3.63, 3.8) is 0 Å². The molecule has 0 aliphatic heterocycles. The minimum atomic E-state index is 0.0829. The highest BCUT2D eigenvalue weighted by Gasteiger charge is 2.33. The fraction of sp³-hybridized carbons (Fsp3) is 0.429. The van der Waals surface area contributed by atoms with E-state index < -0.39 is 0 Å². The van der Waals surface area contributed by atoms with Gasteiger partial charge < -0.3 is 0 Å². The summed E-state index contributed by atoms with van der Waals surface area (Å²) in [6.45, 7) is 24.6. The molecule has 6 aliphatic rings. The molecule has 0 bridgehead atoms. The zero-order valence-corrected chi connectivity index (χ0v) is 58.5. The highest BCUT2D eigenvalue weighted by atomic mass is 16.2. The Kier molecular flexibility index (Phi) is 26.7. The molecule has 6 saturated carbocycles. The quantitative estimate of drug-likeness (QED) is 0.143. The van der Waals surface area contributed by atoms with Crippen LogP contribution in [0.15, 0.2) is 109 Å². The van der Waals surface area contributed by atoms with Gasteiger partial charge in [-0.1, -0.05) is 131 Å². The van der Waals surface area contributed by atoms with Gasteiger partial charge in [-0.2, -0.15) is 0 Å². The smallest absolute Gasteiger partial charge is 0.140 e. The van der Waals surface area contributed by atoms with Crippen molar-refractivity contribution in [3.8, 4) is 0 Å². The lowest BCUT2D eigenvalue weighted by molar-refractivity contribution is -0.131. The van der Waals surface area contributed by atoms with Crippen molar-refractivity contribution < 1.29 is 57.5 Å². The third-order valence-corrected chi connectivity index (χ3v) is 19.5. The number of benzene rings is 6. The molecule has 6 aliphatic carbocycles. The van der Waals surface area contributed by atoms with Gasteiger partial charge in [0.15, 0.2) is 0 Å². The highest BCUT2D eigenvalue weighted by Crippen LogP contribution is 2.37. The third-order valence-electron chi connectivity index (χ3n) is 19.5. The normalized spacial score (nSPS) is 17.9. The molecule has 0 radical (unpaired) electrons. The first-order chi connectivity index (χ1) is 45.4. The van der Waals surface area contributed by atoms with Gasteiger partial charge in [-0.3, -0.25) is 57.5 Å². The molecule has 6 fully saturated rings. The van der Waals surface area contributed by atoms with Gasteiger partial charge in [-0.25, -0.2) is 0 Å². The molecule has 0 spiro atoms. The molecule has 12 nitrogen and oxygen atoms in total. The van der Waals surface area contributed by atoms with Gasteiger partial charge in [0.05, 0.1) is 38.5 Å². The van der Waals surface area contributed by atoms with Crippen molar-refractivity contribution in [2.75, 3.05) is 0 Å². The van der Waals surface area contributed by atoms with E-state index in [2.05, 4.69) is 94.4 Å². The van der Waals surface area contributed by atoms with E-state index in [1.165, 1.54) is 83.5 Å². The maximum atomic E-state index is 11.5. The van der Waals surface area contributed by atoms with Crippen LogP contribution in [0.5, 0.6) is 0 Å². The molecule has 0 saturated heterocycles. The zero-order chi connectivity index (χ0) is 70.2. The molecular formula is C84H96O12. The molecular weight excluding hydrogens is 1200 g/mol. The van der Waals surface area contributed by atoms with Gasteiger partial charge in [0.1, 0.15) is 69.4 Å². The Morgan fingerprint density at radius 2 is 0.562 bits per heavy atom. The van der Waals surface area contributed by atoms with E-state index in [9.17, 15) is 57.5 Å². The molecule has 96 heavy (non-hydrogen) atoms. The number of ketones is 12. The number of Topliss-reactive ketones (excluding diaryl/α,β-unsaturated/α-hetero) is 12. The first kappa shape index (κ1) is 74.8. The van der Waals surface area contributed by atoms with Crippen LogP contribution >= 0.6 is 0 Å². The summed E-state index contributed by atoms with van der Waals surface area (Å²) < 4.78 is 0. The fourth-order valence-corrected chi connectivity index (χ4v) is 14.7. The average Bonchev–Trinajstić information content (AvgIpc) is 0.875. The Balaban J connectivity index is 0.000000163. The molecule has 0 heterocycles. The van der Waals surface area contributed by atoms with Crippen molar-refractivity contribution in [2.24, 2.45) is 0 Å². The summed E-state index contributed by atoms with van der Waals surface area (Å²) in [5.41, 5.74) is 21.4. The van der Waals surface area contributed by atoms with Crippen molar-refractivity contribution in [3.05, 3.63) is 209 Å². The van der Waals surface area contributed by atoms with E-state index in [4.69, 9.17) is 0 Å². The van der Waals surface area contributed by atoms with Crippen LogP contribution in [0.25, 0.3) is 0 Å². The Bertz CT molecular complexity index is 3830. The van der Waals surface area contributed by atoms with Crippen molar-refractivity contribution in [1.29, 1.82) is 0 Å². The van der Waals surface area contributed by atoms with Crippen LogP contribution in [0.1, 0.15) is 251 Å². The number of carbonyl (C=O) groups is 12. The Morgan fingerprint density at radius 1 is 0.219 bits per heavy atom. The fourth-order valence-electron chi connectivity index (χ4n) is 14.7. The zero-order valence-electron chi connectivity index (χ0n) is 58.5. The molecule has 12 heteroatoms. The maximum Gasteiger partial charge on any atom is 0.140 e. The van der Waals surface area contributed by atoms with E-state index in [0.29, 0.717) is 77.0 Å². The second-order valence-corrected chi connectivity index (χ2v) is 28.2. The summed E-state index contributed by atoms with van der Waals surface area (Å²) in [7, 11) is 0. The van der Waals surface area contributed by atoms with E-state index in [1.54, 1.807) is 0 Å². The molecule has 504 valence electrons. The second-order valence-electron chi connectivity index (χ2n) is 28.2. The van der Waals surface area contributed by atoms with Crippen LogP contribution in [0.2, 0.25) is 0 Å². The lowest BCUT2D eigenvalue weighted by Gasteiger charge is -2.23. The molecule has 0 amide bonds. The van der Waals surface area contributed by atoms with Gasteiger partial charge >= 0.3 is 0 Å². The summed E-state index contributed by atoms with van der Waals surface area (Å²) in [5.74, 6) is 1.65. The van der Waals surface area contributed by atoms with Crippen molar-refractivity contribution >= 4 is 69.4 Å². The second kappa shape index (κ2) is 34.3. The Labute approximate surface area is 567 Å². The van der Waals surface area contributed by atoms with Crippen molar-refractivity contribution in [2.45, 2.75) is 234 Å². The standard InChI is InChI=1S/6C14H16O2/c1-9-3-10(2)5-11(4-9)12-6-13(15)8-14(16)7-12;1-9-3-4-11(5-10(9)2)12-6-13(15)8-14(16)7-12;1-9-3-4-14(10(2)5-9)11-6-12(15)8-13(16)7-11;1-9-3-4-10(2)14(5-9)11-6-12(15)8-13(16)7-11;1-9-4-3-5-14(10(9)2)11-6-12(15)8-13(16)7-11;1-9-4-3-5-10(2)14(9)11-6-12(15)8-13(16)7-11/h2*3-5,12H,6-8H2,1-2H3;4*3-5,11H,6-8H2,1-2H3.